The first-order valence-electron chi connectivity index (χ1n) is 6.80. The molecule has 1 aromatic rings. The molecule has 19 heavy (non-hydrogen) atoms. The van der Waals surface area contributed by atoms with Crippen molar-refractivity contribution in [3.63, 3.8) is 0 Å². The molecule has 0 unspecified atom stereocenters. The van der Waals surface area contributed by atoms with E-state index >= 15 is 0 Å². The van der Waals surface area contributed by atoms with Gasteiger partial charge in [0.05, 0.1) is 11.1 Å². The summed E-state index contributed by atoms with van der Waals surface area (Å²) in [5.74, 6) is -0.0837. The molecule has 2 amide bonds. The van der Waals surface area contributed by atoms with Crippen LogP contribution in [0.25, 0.3) is 0 Å². The van der Waals surface area contributed by atoms with Crippen molar-refractivity contribution in [3.05, 3.63) is 30.3 Å². The molecule has 100 valence electrons. The van der Waals surface area contributed by atoms with Crippen molar-refractivity contribution < 1.29 is 9.59 Å². The number of carbonyl (C=O) groups excluding carboxylic acids is 2. The van der Waals surface area contributed by atoms with Crippen LogP contribution in [-0.2, 0) is 9.59 Å². The van der Waals surface area contributed by atoms with Gasteiger partial charge in [-0.05, 0) is 25.0 Å². The summed E-state index contributed by atoms with van der Waals surface area (Å²) in [7, 11) is 1.78. The minimum atomic E-state index is -0.403. The molecule has 4 nitrogen and oxygen atoms in total. The Morgan fingerprint density at radius 2 is 1.74 bits per heavy atom. The lowest BCUT2D eigenvalue weighted by Crippen LogP contribution is -2.46. The van der Waals surface area contributed by atoms with Gasteiger partial charge >= 0.3 is 0 Å². The van der Waals surface area contributed by atoms with Crippen molar-refractivity contribution in [2.75, 3.05) is 12.1 Å². The van der Waals surface area contributed by atoms with Crippen LogP contribution in [0.2, 0.25) is 0 Å². The predicted octanol–water partition coefficient (Wildman–Crippen LogP) is 2.36. The van der Waals surface area contributed by atoms with Crippen LogP contribution in [0.3, 0.4) is 0 Å². The molecule has 2 fully saturated rings. The van der Waals surface area contributed by atoms with Crippen LogP contribution in [-0.4, -0.2) is 23.9 Å². The third kappa shape index (κ3) is 1.82. The molecule has 1 aliphatic carbocycles. The Labute approximate surface area is 113 Å². The zero-order chi connectivity index (χ0) is 13.5. The maximum Gasteiger partial charge on any atom is 0.255 e. The molecule has 1 saturated carbocycles. The molecule has 0 atom stereocenters. The lowest BCUT2D eigenvalue weighted by Gasteiger charge is -2.29. The van der Waals surface area contributed by atoms with Crippen LogP contribution < -0.4 is 5.01 Å². The summed E-state index contributed by atoms with van der Waals surface area (Å²) >= 11 is 0. The van der Waals surface area contributed by atoms with Crippen LogP contribution in [0, 0.1) is 5.41 Å². The van der Waals surface area contributed by atoms with E-state index in [0.29, 0.717) is 6.42 Å². The van der Waals surface area contributed by atoms with Crippen molar-refractivity contribution in [1.29, 1.82) is 0 Å². The number of benzene rings is 1. The van der Waals surface area contributed by atoms with Crippen LogP contribution in [0.1, 0.15) is 32.1 Å². The highest BCUT2D eigenvalue weighted by molar-refractivity contribution is 6.07. The fourth-order valence-electron chi connectivity index (χ4n) is 3.28. The Balaban J connectivity index is 1.89. The molecule has 1 saturated heterocycles. The zero-order valence-electron chi connectivity index (χ0n) is 11.1. The number of imide groups is 1. The summed E-state index contributed by atoms with van der Waals surface area (Å²) in [5, 5.41) is 3.01. The van der Waals surface area contributed by atoms with Crippen molar-refractivity contribution in [2.45, 2.75) is 32.1 Å². The van der Waals surface area contributed by atoms with Gasteiger partial charge in [0.15, 0.2) is 0 Å². The smallest absolute Gasteiger partial charge is 0.255 e. The van der Waals surface area contributed by atoms with Crippen molar-refractivity contribution in [3.8, 4) is 0 Å². The van der Waals surface area contributed by atoms with Gasteiger partial charge in [0.1, 0.15) is 0 Å². The molecule has 0 aromatic heterocycles. The van der Waals surface area contributed by atoms with Gasteiger partial charge in [-0.15, -0.1) is 0 Å². The molecule has 0 bridgehead atoms. The Morgan fingerprint density at radius 1 is 1.11 bits per heavy atom. The first kappa shape index (κ1) is 12.2. The number of hydrazine groups is 1. The van der Waals surface area contributed by atoms with E-state index in [1.54, 1.807) is 12.1 Å². The highest BCUT2D eigenvalue weighted by Gasteiger charge is 2.54. The second-order valence-electron chi connectivity index (χ2n) is 5.53. The fourth-order valence-corrected chi connectivity index (χ4v) is 3.28. The number of hydrogen-bond donors (Lipinski definition) is 0. The minimum absolute atomic E-state index is 0.0126. The Morgan fingerprint density at radius 3 is 2.37 bits per heavy atom. The molecule has 4 heteroatoms. The van der Waals surface area contributed by atoms with Gasteiger partial charge in [-0.25, -0.2) is 0 Å². The van der Waals surface area contributed by atoms with Gasteiger partial charge < -0.3 is 0 Å². The molecule has 2 aliphatic rings. The predicted molar refractivity (Wildman–Crippen MR) is 72.2 cm³/mol. The lowest BCUT2D eigenvalue weighted by atomic mass is 9.85. The standard InChI is InChI=1S/C15H18N2O2/c1-16(12-7-3-2-4-8-12)17-13(18)11-15(14(17)19)9-5-6-10-15/h2-4,7-8H,5-6,9-11H2,1H3. The van der Waals surface area contributed by atoms with Gasteiger partial charge in [0, 0.05) is 13.5 Å². The highest BCUT2D eigenvalue weighted by atomic mass is 16.2. The summed E-state index contributed by atoms with van der Waals surface area (Å²) < 4.78 is 0. The van der Waals surface area contributed by atoms with E-state index in [4.69, 9.17) is 0 Å². The molecular formula is C15H18N2O2. The second kappa shape index (κ2) is 4.37. The summed E-state index contributed by atoms with van der Waals surface area (Å²) in [4.78, 5) is 24.8. The van der Waals surface area contributed by atoms with Gasteiger partial charge in [-0.1, -0.05) is 31.0 Å². The molecule has 1 spiro atoms. The summed E-state index contributed by atoms with van der Waals surface area (Å²) in [6.45, 7) is 0. The largest absolute Gasteiger partial charge is 0.279 e. The molecule has 3 rings (SSSR count). The van der Waals surface area contributed by atoms with Crippen molar-refractivity contribution in [2.24, 2.45) is 5.41 Å². The Kier molecular flexibility index (Phi) is 2.81. The molecular weight excluding hydrogens is 240 g/mol. The van der Waals surface area contributed by atoms with E-state index < -0.39 is 5.41 Å². The normalized spacial score (nSPS) is 21.4. The number of nitrogens with zero attached hydrogens (tertiary/aromatic N) is 2. The summed E-state index contributed by atoms with van der Waals surface area (Å²) in [6.07, 6.45) is 4.21. The van der Waals surface area contributed by atoms with E-state index in [1.165, 1.54) is 5.01 Å². The SMILES string of the molecule is CN(c1ccccc1)N1C(=O)CC2(CCCC2)C1=O. The van der Waals surface area contributed by atoms with E-state index in [-0.39, 0.29) is 11.8 Å². The average Bonchev–Trinajstić information content (AvgIpc) is 2.97. The first-order valence-corrected chi connectivity index (χ1v) is 6.80. The molecule has 0 N–H and O–H groups in total. The number of carbonyl (C=O) groups is 2. The Bertz CT molecular complexity index is 506. The van der Waals surface area contributed by atoms with Gasteiger partial charge in [0.2, 0.25) is 5.91 Å². The number of para-hydroxylation sites is 1. The van der Waals surface area contributed by atoms with Crippen LogP contribution >= 0.6 is 0 Å². The number of rotatable bonds is 2. The van der Waals surface area contributed by atoms with Crippen LogP contribution in [0.5, 0.6) is 0 Å². The topological polar surface area (TPSA) is 40.6 Å². The van der Waals surface area contributed by atoms with Crippen LogP contribution in [0.4, 0.5) is 5.69 Å². The van der Waals surface area contributed by atoms with E-state index in [2.05, 4.69) is 0 Å². The van der Waals surface area contributed by atoms with E-state index in [9.17, 15) is 9.59 Å². The summed E-state index contributed by atoms with van der Waals surface area (Å²) in [6, 6.07) is 9.54. The molecule has 1 aliphatic heterocycles. The highest BCUT2D eigenvalue weighted by Crippen LogP contribution is 2.47. The zero-order valence-corrected chi connectivity index (χ0v) is 11.1. The molecule has 1 aromatic carbocycles. The number of amides is 2. The van der Waals surface area contributed by atoms with Crippen molar-refractivity contribution in [1.82, 2.24) is 5.01 Å². The number of anilines is 1. The van der Waals surface area contributed by atoms with E-state index in [0.717, 1.165) is 31.4 Å². The van der Waals surface area contributed by atoms with Gasteiger partial charge in [-0.2, -0.15) is 5.01 Å². The quantitative estimate of drug-likeness (QED) is 0.765. The minimum Gasteiger partial charge on any atom is -0.279 e. The average molecular weight is 258 g/mol. The van der Waals surface area contributed by atoms with Gasteiger partial charge in [-0.3, -0.25) is 14.6 Å². The molecule has 0 radical (unpaired) electrons. The van der Waals surface area contributed by atoms with E-state index in [1.807, 2.05) is 30.3 Å². The maximum absolute atomic E-state index is 12.6. The number of hydrogen-bond acceptors (Lipinski definition) is 3. The van der Waals surface area contributed by atoms with Crippen LogP contribution in [0.15, 0.2) is 30.3 Å². The third-order valence-electron chi connectivity index (χ3n) is 4.36. The second-order valence-corrected chi connectivity index (χ2v) is 5.53. The van der Waals surface area contributed by atoms with Crippen molar-refractivity contribution >= 4 is 17.5 Å². The first-order chi connectivity index (χ1) is 9.14. The fraction of sp³-hybridized carbons (Fsp3) is 0.467. The maximum atomic E-state index is 12.6. The lowest BCUT2D eigenvalue weighted by molar-refractivity contribution is -0.141. The van der Waals surface area contributed by atoms with Gasteiger partial charge in [0.25, 0.3) is 5.91 Å². The summed E-state index contributed by atoms with van der Waals surface area (Å²) in [5.41, 5.74) is 0.458. The Hall–Kier alpha value is -1.84. The monoisotopic (exact) mass is 258 g/mol. The molecule has 1 heterocycles. The third-order valence-corrected chi connectivity index (χ3v) is 4.36.